The molecule has 114 valence electrons. The normalized spacial score (nSPS) is 18.2. The molecule has 1 aromatic carbocycles. The molecule has 2 rings (SSSR count). The summed E-state index contributed by atoms with van der Waals surface area (Å²) < 4.78 is 23.9. The van der Waals surface area contributed by atoms with Crippen molar-refractivity contribution in [2.45, 2.75) is 17.9 Å². The molecule has 0 aliphatic carbocycles. The van der Waals surface area contributed by atoms with Crippen LogP contribution >= 0.6 is 11.6 Å². The van der Waals surface area contributed by atoms with Crippen LogP contribution in [0.15, 0.2) is 23.1 Å². The van der Waals surface area contributed by atoms with Gasteiger partial charge in [-0.25, -0.2) is 13.2 Å². The van der Waals surface area contributed by atoms with E-state index in [1.807, 2.05) is 0 Å². The zero-order valence-electron chi connectivity index (χ0n) is 11.4. The van der Waals surface area contributed by atoms with Crippen molar-refractivity contribution in [1.29, 1.82) is 0 Å². The molecular weight excluding hydrogens is 318 g/mol. The van der Waals surface area contributed by atoms with E-state index >= 15 is 0 Å². The highest BCUT2D eigenvalue weighted by atomic mass is 35.5. The minimum atomic E-state index is -3.52. The van der Waals surface area contributed by atoms with Crippen LogP contribution in [0.2, 0.25) is 0 Å². The molecule has 0 fully saturated rings. The van der Waals surface area contributed by atoms with Crippen molar-refractivity contribution in [2.24, 2.45) is 0 Å². The highest BCUT2D eigenvalue weighted by molar-refractivity contribution is 7.90. The predicted molar refractivity (Wildman–Crippen MR) is 78.0 cm³/mol. The average Bonchev–Trinajstić information content (AvgIpc) is 2.85. The molecule has 6 nitrogen and oxygen atoms in total. The molecule has 1 atom stereocenters. The molecule has 0 aromatic heterocycles. The van der Waals surface area contributed by atoms with Gasteiger partial charge < -0.3 is 5.11 Å². The van der Waals surface area contributed by atoms with Gasteiger partial charge in [0.1, 0.15) is 6.10 Å². The van der Waals surface area contributed by atoms with Crippen molar-refractivity contribution in [3.8, 4) is 0 Å². The maximum atomic E-state index is 11.9. The number of nitrogens with one attached hydrogen (secondary N) is 1. The Morgan fingerprint density at radius 2 is 2.14 bits per heavy atom. The molecule has 1 unspecified atom stereocenters. The van der Waals surface area contributed by atoms with Crippen LogP contribution in [0.3, 0.4) is 0 Å². The van der Waals surface area contributed by atoms with Crippen LogP contribution in [0, 0.1) is 6.92 Å². The molecule has 1 aromatic rings. The summed E-state index contributed by atoms with van der Waals surface area (Å²) in [7, 11) is -3.52. The van der Waals surface area contributed by atoms with Crippen LogP contribution in [-0.4, -0.2) is 37.7 Å². The van der Waals surface area contributed by atoms with Crippen molar-refractivity contribution in [3.05, 3.63) is 34.9 Å². The molecule has 8 heteroatoms. The molecule has 0 saturated carbocycles. The van der Waals surface area contributed by atoms with Gasteiger partial charge in [-0.2, -0.15) is 0 Å². The highest BCUT2D eigenvalue weighted by Crippen LogP contribution is 2.30. The van der Waals surface area contributed by atoms with Crippen molar-refractivity contribution in [3.63, 3.8) is 0 Å². The average molecular weight is 332 g/mol. The quantitative estimate of drug-likeness (QED) is 0.814. The largest absolute Gasteiger partial charge is 0.478 e. The Labute approximate surface area is 127 Å². The number of sulfone groups is 1. The minimum Gasteiger partial charge on any atom is -0.478 e. The van der Waals surface area contributed by atoms with Gasteiger partial charge in [0, 0.05) is 11.8 Å². The summed E-state index contributed by atoms with van der Waals surface area (Å²) in [5.74, 6) is -0.926. The van der Waals surface area contributed by atoms with Gasteiger partial charge in [0.05, 0.1) is 22.0 Å². The van der Waals surface area contributed by atoms with E-state index < -0.39 is 21.9 Å². The Kier molecular flexibility index (Phi) is 4.27. The Bertz CT molecular complexity index is 726. The van der Waals surface area contributed by atoms with E-state index in [1.165, 1.54) is 12.1 Å². The first kappa shape index (κ1) is 15.8. The van der Waals surface area contributed by atoms with E-state index in [-0.39, 0.29) is 16.3 Å². The number of carboxylic acids is 1. The van der Waals surface area contributed by atoms with E-state index in [4.69, 9.17) is 16.4 Å². The van der Waals surface area contributed by atoms with E-state index in [2.05, 4.69) is 5.48 Å². The van der Waals surface area contributed by atoms with Crippen molar-refractivity contribution in [1.82, 2.24) is 5.48 Å². The number of rotatable bonds is 4. The van der Waals surface area contributed by atoms with Gasteiger partial charge in [-0.05, 0) is 30.7 Å². The monoisotopic (exact) mass is 331 g/mol. The number of aromatic carboxylic acids is 1. The second-order valence-corrected chi connectivity index (χ2v) is 6.97. The number of hydroxylamine groups is 1. The van der Waals surface area contributed by atoms with Crippen LogP contribution in [0.1, 0.15) is 21.5 Å². The van der Waals surface area contributed by atoms with E-state index in [0.29, 0.717) is 16.8 Å². The Balaban J connectivity index is 2.72. The highest BCUT2D eigenvalue weighted by Gasteiger charge is 2.26. The summed E-state index contributed by atoms with van der Waals surface area (Å²) >= 11 is 5.69. The molecule has 21 heavy (non-hydrogen) atoms. The first-order chi connectivity index (χ1) is 9.75. The standard InChI is InChI=1S/C13H14ClNO5S/c1-7-9(13(16)17)3-4-11(21(2,18)19)12(7)10-5-8(6-14)20-15-10/h3-5,8,15H,6H2,1-2H3,(H,16,17). The maximum absolute atomic E-state index is 11.9. The number of benzene rings is 1. The molecule has 1 aliphatic rings. The first-order valence-electron chi connectivity index (χ1n) is 6.02. The molecule has 2 N–H and O–H groups in total. The SMILES string of the molecule is Cc1c(C(=O)O)ccc(S(C)(=O)=O)c1C1=CC(CCl)ON1. The van der Waals surface area contributed by atoms with Crippen molar-refractivity contribution in [2.75, 3.05) is 12.1 Å². The van der Waals surface area contributed by atoms with Gasteiger partial charge in [-0.1, -0.05) is 0 Å². The first-order valence-corrected chi connectivity index (χ1v) is 8.45. The third kappa shape index (κ3) is 3.04. The van der Waals surface area contributed by atoms with Gasteiger partial charge in [-0.3, -0.25) is 10.3 Å². The Morgan fingerprint density at radius 3 is 2.62 bits per heavy atom. The number of alkyl halides is 1. The van der Waals surface area contributed by atoms with Gasteiger partial charge in [0.15, 0.2) is 9.84 Å². The number of hydrogen-bond donors (Lipinski definition) is 2. The third-order valence-electron chi connectivity index (χ3n) is 3.15. The van der Waals surface area contributed by atoms with Gasteiger partial charge in [0.2, 0.25) is 0 Å². The van der Waals surface area contributed by atoms with E-state index in [9.17, 15) is 18.3 Å². The lowest BCUT2D eigenvalue weighted by Gasteiger charge is -2.14. The number of halogens is 1. The fraction of sp³-hybridized carbons (Fsp3) is 0.308. The van der Waals surface area contributed by atoms with Gasteiger partial charge in [-0.15, -0.1) is 11.6 Å². The van der Waals surface area contributed by atoms with Crippen LogP contribution in [-0.2, 0) is 14.7 Å². The molecule has 0 saturated heterocycles. The van der Waals surface area contributed by atoms with E-state index in [0.717, 1.165) is 6.26 Å². The number of hydrogen-bond acceptors (Lipinski definition) is 5. The number of carbonyl (C=O) groups is 1. The summed E-state index contributed by atoms with van der Waals surface area (Å²) in [4.78, 5) is 16.4. The molecule has 0 radical (unpaired) electrons. The van der Waals surface area contributed by atoms with Crippen LogP contribution < -0.4 is 5.48 Å². The summed E-state index contributed by atoms with van der Waals surface area (Å²) in [6.45, 7) is 1.56. The zero-order chi connectivity index (χ0) is 15.8. The molecule has 0 amide bonds. The zero-order valence-corrected chi connectivity index (χ0v) is 13.0. The smallest absolute Gasteiger partial charge is 0.335 e. The minimum absolute atomic E-state index is 0.0365. The van der Waals surface area contributed by atoms with Crippen LogP contribution in [0.25, 0.3) is 5.70 Å². The lowest BCUT2D eigenvalue weighted by molar-refractivity contribution is 0.0642. The molecule has 0 bridgehead atoms. The fourth-order valence-corrected chi connectivity index (χ4v) is 3.27. The summed E-state index contributed by atoms with van der Waals surface area (Å²) in [6.07, 6.45) is 2.30. The van der Waals surface area contributed by atoms with Crippen LogP contribution in [0.5, 0.6) is 0 Å². The lowest BCUT2D eigenvalue weighted by atomic mass is 9.99. The summed E-state index contributed by atoms with van der Waals surface area (Å²) in [6, 6.07) is 2.57. The third-order valence-corrected chi connectivity index (χ3v) is 4.59. The lowest BCUT2D eigenvalue weighted by Crippen LogP contribution is -2.15. The Morgan fingerprint density at radius 1 is 1.48 bits per heavy atom. The maximum Gasteiger partial charge on any atom is 0.335 e. The predicted octanol–water partition coefficient (Wildman–Crippen LogP) is 1.58. The second-order valence-electron chi connectivity index (χ2n) is 4.68. The molecule has 1 heterocycles. The summed E-state index contributed by atoms with van der Waals surface area (Å²) in [5, 5.41) is 9.18. The van der Waals surface area contributed by atoms with Gasteiger partial charge in [0.25, 0.3) is 0 Å². The van der Waals surface area contributed by atoms with Gasteiger partial charge >= 0.3 is 5.97 Å². The van der Waals surface area contributed by atoms with E-state index in [1.54, 1.807) is 13.0 Å². The fourth-order valence-electron chi connectivity index (χ4n) is 2.17. The molecule has 0 spiro atoms. The Hall–Kier alpha value is -1.57. The van der Waals surface area contributed by atoms with Crippen molar-refractivity contribution >= 4 is 33.1 Å². The van der Waals surface area contributed by atoms with Crippen LogP contribution in [0.4, 0.5) is 0 Å². The van der Waals surface area contributed by atoms with Crippen molar-refractivity contribution < 1.29 is 23.2 Å². The molecule has 1 aliphatic heterocycles. The number of carboxylic acid groups (broad SMARTS) is 1. The molecular formula is C13H14ClNO5S. The second kappa shape index (κ2) is 5.67. The topological polar surface area (TPSA) is 92.7 Å². The summed E-state index contributed by atoms with van der Waals surface area (Å²) in [5.41, 5.74) is 3.70.